The van der Waals surface area contributed by atoms with Crippen LogP contribution in [0.1, 0.15) is 52.9 Å². The summed E-state index contributed by atoms with van der Waals surface area (Å²) in [6.07, 6.45) is 9.17. The minimum absolute atomic E-state index is 0.193. The van der Waals surface area contributed by atoms with Crippen LogP contribution in [0.2, 0.25) is 0 Å². The fourth-order valence-corrected chi connectivity index (χ4v) is 8.57. The first-order valence-electron chi connectivity index (χ1n) is 15.3. The smallest absolute Gasteiger partial charge is 0.264 e. The highest BCUT2D eigenvalue weighted by Gasteiger charge is 2.33. The highest BCUT2D eigenvalue weighted by atomic mass is 32.2. The summed E-state index contributed by atoms with van der Waals surface area (Å²) in [7, 11) is -1.59. The lowest BCUT2D eigenvalue weighted by molar-refractivity contribution is -0.110. The van der Waals surface area contributed by atoms with Crippen LogP contribution < -0.4 is 9.62 Å². The third-order valence-electron chi connectivity index (χ3n) is 9.44. The topological polar surface area (TPSA) is 88.8 Å². The third kappa shape index (κ3) is 4.97. The van der Waals surface area contributed by atoms with Crippen molar-refractivity contribution in [2.45, 2.75) is 49.8 Å². The SMILES string of the molecule is CN1CCN(CCCc2c(C=C3C(=O)Nc4ccc(S(=O)(=O)N5CCc6ccccc65)cc43)[nH]c3c2CCCC3)CC1. The lowest BCUT2D eigenvalue weighted by atomic mass is 9.92. The molecule has 1 amide bonds. The van der Waals surface area contributed by atoms with Gasteiger partial charge < -0.3 is 20.1 Å². The fourth-order valence-electron chi connectivity index (χ4n) is 7.04. The Morgan fingerprint density at radius 1 is 0.952 bits per heavy atom. The number of aromatic amines is 1. The van der Waals surface area contributed by atoms with Gasteiger partial charge in [0.1, 0.15) is 0 Å². The molecule has 2 N–H and O–H groups in total. The Kier molecular flexibility index (Phi) is 7.20. The summed E-state index contributed by atoms with van der Waals surface area (Å²) in [6.45, 7) is 5.96. The van der Waals surface area contributed by atoms with Crippen molar-refractivity contribution < 1.29 is 13.2 Å². The maximum atomic E-state index is 13.8. The van der Waals surface area contributed by atoms with Crippen molar-refractivity contribution in [1.29, 1.82) is 0 Å². The molecule has 7 rings (SSSR count). The Morgan fingerprint density at radius 2 is 1.76 bits per heavy atom. The Balaban J connectivity index is 1.19. The fraction of sp³-hybridized carbons (Fsp3) is 0.424. The lowest BCUT2D eigenvalue weighted by Gasteiger charge is -2.32. The number of benzene rings is 2. The highest BCUT2D eigenvalue weighted by molar-refractivity contribution is 7.92. The molecule has 8 nitrogen and oxygen atoms in total. The molecule has 4 aliphatic rings. The second-order valence-corrected chi connectivity index (χ2v) is 14.0. The molecule has 3 aliphatic heterocycles. The van der Waals surface area contributed by atoms with Crippen molar-refractivity contribution in [3.63, 3.8) is 0 Å². The number of amides is 1. The van der Waals surface area contributed by atoms with E-state index in [1.807, 2.05) is 30.3 Å². The van der Waals surface area contributed by atoms with Crippen molar-refractivity contribution in [3.8, 4) is 0 Å². The van der Waals surface area contributed by atoms with E-state index in [9.17, 15) is 13.2 Å². The van der Waals surface area contributed by atoms with Gasteiger partial charge in [0.2, 0.25) is 0 Å². The molecule has 0 bridgehead atoms. The molecule has 9 heteroatoms. The maximum Gasteiger partial charge on any atom is 0.264 e. The van der Waals surface area contributed by atoms with Crippen LogP contribution in [0.15, 0.2) is 47.4 Å². The first-order valence-corrected chi connectivity index (χ1v) is 16.7. The van der Waals surface area contributed by atoms with E-state index in [4.69, 9.17) is 0 Å². The number of likely N-dealkylation sites (N-methyl/N-ethyl adjacent to an activating group) is 1. The van der Waals surface area contributed by atoms with Crippen molar-refractivity contribution in [3.05, 3.63) is 76.1 Å². The summed E-state index contributed by atoms with van der Waals surface area (Å²) in [4.78, 5) is 22.1. The molecule has 0 unspecified atom stereocenters. The normalized spacial score (nSPS) is 20.1. The molecule has 220 valence electrons. The van der Waals surface area contributed by atoms with Crippen LogP contribution in [-0.4, -0.2) is 75.4 Å². The zero-order chi connectivity index (χ0) is 28.8. The van der Waals surface area contributed by atoms with Crippen LogP contribution in [0.3, 0.4) is 0 Å². The summed E-state index contributed by atoms with van der Waals surface area (Å²) in [5.41, 5.74) is 8.63. The first-order chi connectivity index (χ1) is 20.4. The molecule has 1 aliphatic carbocycles. The molecule has 2 aromatic carbocycles. The predicted molar refractivity (Wildman–Crippen MR) is 167 cm³/mol. The van der Waals surface area contributed by atoms with Gasteiger partial charge in [0.15, 0.2) is 0 Å². The van der Waals surface area contributed by atoms with Gasteiger partial charge in [-0.15, -0.1) is 0 Å². The molecule has 3 aromatic rings. The van der Waals surface area contributed by atoms with Crippen LogP contribution in [0.4, 0.5) is 11.4 Å². The molecule has 1 aromatic heterocycles. The number of aryl methyl sites for hydroxylation is 1. The molecule has 0 saturated carbocycles. The number of rotatable bonds is 7. The minimum atomic E-state index is -3.77. The Labute approximate surface area is 248 Å². The molecule has 0 atom stereocenters. The average Bonchev–Trinajstić information content (AvgIpc) is 3.68. The number of aromatic nitrogens is 1. The molecular weight excluding hydrogens is 546 g/mol. The molecule has 4 heterocycles. The van der Waals surface area contributed by atoms with Gasteiger partial charge in [0.05, 0.1) is 16.2 Å². The van der Waals surface area contributed by atoms with Gasteiger partial charge in [-0.1, -0.05) is 18.2 Å². The van der Waals surface area contributed by atoms with Crippen molar-refractivity contribution in [1.82, 2.24) is 14.8 Å². The van der Waals surface area contributed by atoms with E-state index >= 15 is 0 Å². The summed E-state index contributed by atoms with van der Waals surface area (Å²) < 4.78 is 29.1. The summed E-state index contributed by atoms with van der Waals surface area (Å²) >= 11 is 0. The van der Waals surface area contributed by atoms with Crippen molar-refractivity contribution in [2.24, 2.45) is 0 Å². The molecular formula is C33H39N5O3S. The number of piperazine rings is 1. The zero-order valence-corrected chi connectivity index (χ0v) is 25.1. The second-order valence-electron chi connectivity index (χ2n) is 12.1. The Bertz CT molecular complexity index is 1670. The minimum Gasteiger partial charge on any atom is -0.358 e. The largest absolute Gasteiger partial charge is 0.358 e. The van der Waals surface area contributed by atoms with E-state index in [1.165, 1.54) is 34.0 Å². The maximum absolute atomic E-state index is 13.8. The number of hydrogen-bond acceptors (Lipinski definition) is 5. The number of H-pyrrole nitrogens is 1. The monoisotopic (exact) mass is 585 g/mol. The standard InChI is InChI=1S/C33H39N5O3S/c1-36-17-19-37(20-18-36)15-6-9-26-25-8-3-4-10-29(25)34-31(26)22-28-27-21-24(12-13-30(27)35-33(28)39)42(40,41)38-16-14-23-7-2-5-11-32(23)38/h2,5,7,11-13,21-22,34H,3-4,6,8-10,14-20H2,1H3,(H,35,39). The van der Waals surface area contributed by atoms with E-state index in [2.05, 4.69) is 27.1 Å². The van der Waals surface area contributed by atoms with E-state index in [0.29, 0.717) is 29.8 Å². The number of nitrogens with one attached hydrogen (secondary N) is 2. The second kappa shape index (κ2) is 11.0. The van der Waals surface area contributed by atoms with Gasteiger partial charge in [0.25, 0.3) is 15.9 Å². The zero-order valence-electron chi connectivity index (χ0n) is 24.3. The average molecular weight is 586 g/mol. The molecule has 1 saturated heterocycles. The number of anilines is 2. The molecule has 1 fully saturated rings. The lowest BCUT2D eigenvalue weighted by Crippen LogP contribution is -2.44. The Hall–Kier alpha value is -3.40. The van der Waals surface area contributed by atoms with Gasteiger partial charge >= 0.3 is 0 Å². The Morgan fingerprint density at radius 3 is 2.62 bits per heavy atom. The number of fused-ring (bicyclic) bond motifs is 3. The van der Waals surface area contributed by atoms with Crippen molar-refractivity contribution >= 4 is 39.0 Å². The van der Waals surface area contributed by atoms with Crippen LogP contribution >= 0.6 is 0 Å². The summed E-state index contributed by atoms with van der Waals surface area (Å²) in [5.74, 6) is -0.193. The van der Waals surface area contributed by atoms with E-state index in [1.54, 1.807) is 18.2 Å². The number of carbonyl (C=O) groups excluding carboxylic acids is 1. The quantitative estimate of drug-likeness (QED) is 0.404. The van der Waals surface area contributed by atoms with Crippen LogP contribution in [0.25, 0.3) is 11.6 Å². The number of nitrogens with zero attached hydrogens (tertiary/aromatic N) is 3. The number of para-hydroxylation sites is 1. The van der Waals surface area contributed by atoms with Gasteiger partial charge in [-0.05, 0) is 106 Å². The number of carbonyl (C=O) groups is 1. The summed E-state index contributed by atoms with van der Waals surface area (Å²) in [5, 5.41) is 2.96. The number of hydrogen-bond donors (Lipinski definition) is 2. The van der Waals surface area contributed by atoms with Crippen LogP contribution in [0, 0.1) is 0 Å². The van der Waals surface area contributed by atoms with Crippen LogP contribution in [0.5, 0.6) is 0 Å². The first kappa shape index (κ1) is 27.4. The van der Waals surface area contributed by atoms with E-state index < -0.39 is 10.0 Å². The number of sulfonamides is 1. The van der Waals surface area contributed by atoms with Crippen LogP contribution in [-0.2, 0) is 40.5 Å². The molecule has 0 spiro atoms. The predicted octanol–water partition coefficient (Wildman–Crippen LogP) is 4.32. The molecule has 0 radical (unpaired) electrons. The van der Waals surface area contributed by atoms with Gasteiger partial charge in [-0.3, -0.25) is 9.10 Å². The van der Waals surface area contributed by atoms with Gasteiger partial charge in [0, 0.05) is 55.4 Å². The van der Waals surface area contributed by atoms with Crippen molar-refractivity contribution in [2.75, 3.05) is 55.9 Å². The van der Waals surface area contributed by atoms with Gasteiger partial charge in [-0.25, -0.2) is 8.42 Å². The third-order valence-corrected chi connectivity index (χ3v) is 11.2. The summed E-state index contributed by atoms with van der Waals surface area (Å²) in [6, 6.07) is 12.7. The molecule has 42 heavy (non-hydrogen) atoms. The van der Waals surface area contributed by atoms with Gasteiger partial charge in [-0.2, -0.15) is 0 Å². The van der Waals surface area contributed by atoms with E-state index in [-0.39, 0.29) is 10.8 Å². The van der Waals surface area contributed by atoms with E-state index in [0.717, 1.165) is 75.4 Å². The highest BCUT2D eigenvalue weighted by Crippen LogP contribution is 2.39.